The number of esters is 2. The fourth-order valence-electron chi connectivity index (χ4n) is 2.89. The first-order valence-corrected chi connectivity index (χ1v) is 17.1. The van der Waals surface area contributed by atoms with Gasteiger partial charge < -0.3 is 32.1 Å². The summed E-state index contributed by atoms with van der Waals surface area (Å²) < 4.78 is 47.3. The van der Waals surface area contributed by atoms with Crippen molar-refractivity contribution in [3.63, 3.8) is 0 Å². The Morgan fingerprint density at radius 1 is 0.667 bits per heavy atom. The van der Waals surface area contributed by atoms with Gasteiger partial charge in [-0.2, -0.15) is 0 Å². The Morgan fingerprint density at radius 2 is 1.02 bits per heavy atom. The molecule has 0 fully saturated rings. The van der Waals surface area contributed by atoms with E-state index in [9.17, 15) is 14.2 Å². The van der Waals surface area contributed by atoms with Crippen molar-refractivity contribution in [2.75, 3.05) is 47.3 Å². The van der Waals surface area contributed by atoms with Gasteiger partial charge in [0.2, 0.25) is 0 Å². The number of halogens is 1. The molecule has 10 nitrogen and oxygen atoms in total. The molecule has 0 atom stereocenters. The molecule has 0 N–H and O–H groups in total. The summed E-state index contributed by atoms with van der Waals surface area (Å²) in [6.45, 7) is 11.9. The van der Waals surface area contributed by atoms with E-state index < -0.39 is 22.2 Å². The average molecular weight is 698 g/mol. The maximum atomic E-state index is 12.3. The van der Waals surface area contributed by atoms with E-state index >= 15 is 0 Å². The molecule has 13 heteroatoms. The Bertz CT molecular complexity index is 996. The van der Waals surface area contributed by atoms with Crippen LogP contribution in [-0.4, -0.2) is 59.2 Å². The molecule has 2 rings (SSSR count). The van der Waals surface area contributed by atoms with Crippen LogP contribution in [-0.2, 0) is 48.1 Å². The fraction of sp³-hybridized carbons (Fsp3) is 0.517. The van der Waals surface area contributed by atoms with Gasteiger partial charge in [-0.1, -0.05) is 47.6 Å². The van der Waals surface area contributed by atoms with Crippen LogP contribution in [0.15, 0.2) is 48.5 Å². The number of ether oxygens (including phenoxy) is 2. The summed E-state index contributed by atoms with van der Waals surface area (Å²) in [5.74, 6) is -0.694. The number of carbonyl (C=O) groups excluding carboxylic acids is 2. The van der Waals surface area contributed by atoms with Crippen LogP contribution in [0.5, 0.6) is 0 Å². The molecule has 42 heavy (non-hydrogen) atoms. The van der Waals surface area contributed by atoms with E-state index in [1.807, 2.05) is 32.9 Å². The monoisotopic (exact) mass is 696 g/mol. The van der Waals surface area contributed by atoms with Crippen molar-refractivity contribution in [2.24, 2.45) is 0 Å². The fourth-order valence-corrected chi connectivity index (χ4v) is 5.82. The largest absolute Gasteiger partial charge is 0.465 e. The summed E-state index contributed by atoms with van der Waals surface area (Å²) in [6, 6.07) is 14.0. The number of rotatable bonds is 15. The van der Waals surface area contributed by atoms with Crippen LogP contribution in [0.4, 0.5) is 0 Å². The molecule has 0 radical (unpaired) electrons. The zero-order valence-electron chi connectivity index (χ0n) is 24.9. The number of methoxy groups -OCH3 is 2. The smallest absolute Gasteiger partial charge is 0.337 e. The Kier molecular flexibility index (Phi) is 26.1. The SMILES string of the molecule is C.CCOP(=O)(Cc1ccc(C(=O)OC)cc1)OCC.CCOP(OCC)OCC.COC(=O)c1ccc(CBr)cc1. The number of alkyl halides is 1. The van der Waals surface area contributed by atoms with Gasteiger partial charge in [0.1, 0.15) is 0 Å². The molecule has 0 aliphatic carbocycles. The summed E-state index contributed by atoms with van der Waals surface area (Å²) in [5, 5.41) is 0.800. The van der Waals surface area contributed by atoms with Gasteiger partial charge >= 0.3 is 28.1 Å². The van der Waals surface area contributed by atoms with E-state index in [-0.39, 0.29) is 19.6 Å². The molecular formula is C29H47BrO10P2. The quantitative estimate of drug-likeness (QED) is 0.102. The van der Waals surface area contributed by atoms with E-state index in [0.717, 1.165) is 16.5 Å². The Labute approximate surface area is 261 Å². The number of hydrogen-bond acceptors (Lipinski definition) is 10. The predicted molar refractivity (Wildman–Crippen MR) is 171 cm³/mol. The summed E-state index contributed by atoms with van der Waals surface area (Å²) in [7, 11) is -1.46. The molecule has 2 aromatic rings. The Balaban J connectivity index is 0. The third-order valence-electron chi connectivity index (χ3n) is 4.64. The summed E-state index contributed by atoms with van der Waals surface area (Å²) in [6.07, 6.45) is 0.191. The molecule has 240 valence electrons. The first-order valence-electron chi connectivity index (χ1n) is 13.1. The minimum Gasteiger partial charge on any atom is -0.465 e. The van der Waals surface area contributed by atoms with Gasteiger partial charge in [0.25, 0.3) is 0 Å². The first-order chi connectivity index (χ1) is 19.7. The highest BCUT2D eigenvalue weighted by Crippen LogP contribution is 2.51. The van der Waals surface area contributed by atoms with E-state index in [4.69, 9.17) is 22.6 Å². The number of hydrogen-bond donors (Lipinski definition) is 0. The predicted octanol–water partition coefficient (Wildman–Crippen LogP) is 8.57. The van der Waals surface area contributed by atoms with Crippen molar-refractivity contribution in [3.05, 3.63) is 70.8 Å². The van der Waals surface area contributed by atoms with E-state index in [1.54, 1.807) is 50.2 Å². The molecule has 0 bridgehead atoms. The molecule has 0 heterocycles. The number of benzene rings is 2. The zero-order chi connectivity index (χ0) is 31.1. The lowest BCUT2D eigenvalue weighted by molar-refractivity contribution is 0.0592. The number of carbonyl (C=O) groups is 2. The normalized spacial score (nSPS) is 10.4. The van der Waals surface area contributed by atoms with Crippen molar-refractivity contribution in [3.8, 4) is 0 Å². The molecule has 0 saturated heterocycles. The minimum atomic E-state index is -3.10. The van der Waals surface area contributed by atoms with Crippen LogP contribution >= 0.6 is 32.1 Å². The lowest BCUT2D eigenvalue weighted by atomic mass is 10.1. The maximum Gasteiger partial charge on any atom is 0.337 e. The second kappa shape index (κ2) is 25.8. The van der Waals surface area contributed by atoms with Gasteiger partial charge in [-0.05, 0) is 70.0 Å². The van der Waals surface area contributed by atoms with Crippen molar-refractivity contribution < 1.29 is 46.2 Å². The van der Waals surface area contributed by atoms with Gasteiger partial charge in [-0.3, -0.25) is 4.57 Å². The minimum absolute atomic E-state index is 0. The van der Waals surface area contributed by atoms with Gasteiger partial charge in [-0.15, -0.1) is 0 Å². The highest BCUT2D eigenvalue weighted by molar-refractivity contribution is 9.08. The lowest BCUT2D eigenvalue weighted by Gasteiger charge is -2.16. The van der Waals surface area contributed by atoms with E-state index in [0.29, 0.717) is 44.2 Å². The van der Waals surface area contributed by atoms with Gasteiger partial charge in [-0.25, -0.2) is 9.59 Å². The van der Waals surface area contributed by atoms with Crippen molar-refractivity contribution >= 4 is 44.1 Å². The second-order valence-corrected chi connectivity index (χ2v) is 11.4. The van der Waals surface area contributed by atoms with Crippen molar-refractivity contribution in [1.29, 1.82) is 0 Å². The molecule has 0 aromatic heterocycles. The molecular weight excluding hydrogens is 650 g/mol. The molecule has 0 unspecified atom stereocenters. The van der Waals surface area contributed by atoms with Crippen LogP contribution in [0, 0.1) is 0 Å². The lowest BCUT2D eigenvalue weighted by Crippen LogP contribution is -2.02. The summed E-state index contributed by atoms with van der Waals surface area (Å²) in [5.41, 5.74) is 2.97. The van der Waals surface area contributed by atoms with E-state index in [2.05, 4.69) is 25.4 Å². The summed E-state index contributed by atoms with van der Waals surface area (Å²) >= 11 is 3.32. The molecule has 0 saturated carbocycles. The van der Waals surface area contributed by atoms with E-state index in [1.165, 1.54) is 14.2 Å². The van der Waals surface area contributed by atoms with Crippen LogP contribution < -0.4 is 0 Å². The topological polar surface area (TPSA) is 116 Å². The summed E-state index contributed by atoms with van der Waals surface area (Å²) in [4.78, 5) is 22.3. The van der Waals surface area contributed by atoms with Crippen molar-refractivity contribution in [1.82, 2.24) is 0 Å². The second-order valence-electron chi connectivity index (χ2n) is 7.59. The van der Waals surface area contributed by atoms with Crippen LogP contribution in [0.2, 0.25) is 0 Å². The highest BCUT2D eigenvalue weighted by Gasteiger charge is 2.24. The third kappa shape index (κ3) is 18.1. The average Bonchev–Trinajstić information content (AvgIpc) is 2.98. The standard InChI is InChI=1S/C13H19O5P.C9H9BrO2.C6H15O3P.CH4/c1-4-17-19(15,18-5-2)10-11-6-8-12(9-7-11)13(14)16-3;1-12-9(11)8-4-2-7(6-10)3-5-8;1-4-7-10(8-5-2)9-6-3;/h6-9H,4-5,10H2,1-3H3;2-5H,6H2,1H3;4-6H2,1-3H3;1H4. The maximum absolute atomic E-state index is 12.3. The molecule has 2 aromatic carbocycles. The third-order valence-corrected chi connectivity index (χ3v) is 8.75. The molecule has 0 amide bonds. The van der Waals surface area contributed by atoms with Gasteiger partial charge in [0.05, 0.1) is 64.5 Å². The van der Waals surface area contributed by atoms with Crippen LogP contribution in [0.1, 0.15) is 73.9 Å². The Morgan fingerprint density at radius 3 is 1.31 bits per heavy atom. The highest BCUT2D eigenvalue weighted by atomic mass is 79.9. The van der Waals surface area contributed by atoms with Crippen LogP contribution in [0.3, 0.4) is 0 Å². The van der Waals surface area contributed by atoms with Gasteiger partial charge in [0.15, 0.2) is 0 Å². The molecule has 0 aliphatic rings. The van der Waals surface area contributed by atoms with Gasteiger partial charge in [0, 0.05) is 5.33 Å². The first kappa shape index (κ1) is 42.5. The van der Waals surface area contributed by atoms with Crippen LogP contribution in [0.25, 0.3) is 0 Å². The van der Waals surface area contributed by atoms with Crippen molar-refractivity contribution in [2.45, 2.75) is 53.5 Å². The zero-order valence-corrected chi connectivity index (χ0v) is 28.3. The molecule has 0 spiro atoms. The molecule has 0 aliphatic heterocycles. The Hall–Kier alpha value is -1.68.